The molecule has 1 aromatic heterocycles. The Morgan fingerprint density at radius 1 is 0.828 bits per heavy atom. The van der Waals surface area contributed by atoms with E-state index in [-0.39, 0.29) is 0 Å². The Morgan fingerprint density at radius 3 is 1.69 bits per heavy atom. The largest absolute Gasteiger partial charge is 0.275 e. The van der Waals surface area contributed by atoms with E-state index in [9.17, 15) is 0 Å². The first-order valence-electron chi connectivity index (χ1n) is 10.6. The van der Waals surface area contributed by atoms with E-state index < -0.39 is 7.49 Å². The predicted molar refractivity (Wildman–Crippen MR) is 124 cm³/mol. The minimum absolute atomic E-state index is 0.296. The van der Waals surface area contributed by atoms with Crippen LogP contribution in [0.5, 0.6) is 0 Å². The highest BCUT2D eigenvalue weighted by Gasteiger charge is 2.64. The van der Waals surface area contributed by atoms with Crippen molar-refractivity contribution in [3.8, 4) is 0 Å². The number of aromatic nitrogens is 3. The van der Waals surface area contributed by atoms with Crippen molar-refractivity contribution in [1.82, 2.24) is 29.9 Å². The van der Waals surface area contributed by atoms with Crippen molar-refractivity contribution in [1.29, 1.82) is 0 Å². The molecule has 29 heavy (non-hydrogen) atoms. The lowest BCUT2D eigenvalue weighted by atomic mass is 10.3. The molecule has 0 fully saturated rings. The van der Waals surface area contributed by atoms with Crippen LogP contribution >= 0.6 is 7.49 Å². The number of hydrogen-bond acceptors (Lipinski definition) is 6. The van der Waals surface area contributed by atoms with E-state index in [1.807, 2.05) is 24.3 Å². The Hall–Kier alpha value is -1.27. The summed E-state index contributed by atoms with van der Waals surface area (Å²) in [7, 11) is 10.9. The monoisotopic (exact) mass is 423 g/mol. The van der Waals surface area contributed by atoms with Crippen LogP contribution in [0.3, 0.4) is 0 Å². The first kappa shape index (κ1) is 24.0. The number of para-hydroxylation sites is 1. The van der Waals surface area contributed by atoms with Gasteiger partial charge in [-0.05, 0) is 83.7 Å². The molecule has 0 radical (unpaired) electrons. The molecular weight excluding hydrogens is 383 g/mol. The smallest absolute Gasteiger partial charge is 0.272 e. The van der Waals surface area contributed by atoms with Gasteiger partial charge in [0.2, 0.25) is 0 Å². The fourth-order valence-electron chi connectivity index (χ4n) is 4.84. The van der Waals surface area contributed by atoms with Gasteiger partial charge in [-0.3, -0.25) is 14.7 Å². The molecular formula is C21H40N6OP+. The Balaban J connectivity index is 2.78. The van der Waals surface area contributed by atoms with Crippen LogP contribution < -0.4 is 4.62 Å². The number of rotatable bonds is 11. The van der Waals surface area contributed by atoms with Crippen LogP contribution in [0.15, 0.2) is 24.3 Å². The van der Waals surface area contributed by atoms with Crippen molar-refractivity contribution in [2.24, 2.45) is 0 Å². The predicted octanol–water partition coefficient (Wildman–Crippen LogP) is 3.69. The molecule has 0 N–H and O–H groups in total. The van der Waals surface area contributed by atoms with Crippen molar-refractivity contribution < 1.29 is 4.62 Å². The van der Waals surface area contributed by atoms with Gasteiger partial charge in [0.25, 0.3) is 7.49 Å². The summed E-state index contributed by atoms with van der Waals surface area (Å²) >= 11 is 0. The van der Waals surface area contributed by atoms with Crippen molar-refractivity contribution in [2.45, 2.75) is 57.4 Å². The van der Waals surface area contributed by atoms with Crippen LogP contribution in [-0.4, -0.2) is 89.5 Å². The lowest BCUT2D eigenvalue weighted by Gasteiger charge is -2.46. The molecule has 0 amide bonds. The molecule has 2 aromatic rings. The molecule has 0 bridgehead atoms. The summed E-state index contributed by atoms with van der Waals surface area (Å²) in [6.07, 6.45) is 3.05. The summed E-state index contributed by atoms with van der Waals surface area (Å²) in [6, 6.07) is 8.02. The first-order valence-corrected chi connectivity index (χ1v) is 12.5. The Labute approximate surface area is 177 Å². The molecule has 3 unspecified atom stereocenters. The van der Waals surface area contributed by atoms with Gasteiger partial charge in [-0.1, -0.05) is 32.9 Å². The van der Waals surface area contributed by atoms with Gasteiger partial charge in [0.1, 0.15) is 11.0 Å². The molecule has 0 spiro atoms. The SMILES string of the molecule is CCC(N(C)C)[P+](On1nnc2ccccc21)(C(CC)N(C)C)C(CC)N(C)C. The lowest BCUT2D eigenvalue weighted by Crippen LogP contribution is -2.51. The zero-order chi connectivity index (χ0) is 21.8. The molecule has 7 nitrogen and oxygen atoms in total. The molecule has 1 heterocycles. The highest BCUT2D eigenvalue weighted by Crippen LogP contribution is 2.72. The van der Waals surface area contributed by atoms with E-state index >= 15 is 0 Å². The number of hydrogen-bond donors (Lipinski definition) is 0. The normalized spacial score (nSPS) is 17.7. The van der Waals surface area contributed by atoms with Crippen molar-refractivity contribution in [3.05, 3.63) is 24.3 Å². The quantitative estimate of drug-likeness (QED) is 0.514. The van der Waals surface area contributed by atoms with Gasteiger partial charge >= 0.3 is 0 Å². The zero-order valence-electron chi connectivity index (χ0n) is 19.7. The van der Waals surface area contributed by atoms with Crippen LogP contribution in [-0.2, 0) is 0 Å². The standard InChI is InChI=1S/C21H40N6OP/c1-10-19(24(4)5)29(20(11-2)25(6)7,21(12-3)26(8)9)28-27-18-16-14-13-15-17(18)22-23-27/h13-16,19-21H,10-12H2,1-9H3/q+1. The fraction of sp³-hybridized carbons (Fsp3) is 0.714. The van der Waals surface area contributed by atoms with E-state index in [1.54, 1.807) is 4.85 Å². The molecule has 0 saturated heterocycles. The van der Waals surface area contributed by atoms with Crippen LogP contribution in [0.1, 0.15) is 40.0 Å². The Kier molecular flexibility index (Phi) is 8.41. The van der Waals surface area contributed by atoms with Crippen LogP contribution in [0.25, 0.3) is 11.0 Å². The summed E-state index contributed by atoms with van der Waals surface area (Å²) in [4.78, 5) is 8.76. The summed E-state index contributed by atoms with van der Waals surface area (Å²) in [5.41, 5.74) is 1.78. The first-order chi connectivity index (χ1) is 13.7. The second-order valence-electron chi connectivity index (χ2n) is 8.35. The highest BCUT2D eigenvalue weighted by molar-refractivity contribution is 7.73. The maximum absolute atomic E-state index is 7.13. The molecule has 0 saturated carbocycles. The maximum Gasteiger partial charge on any atom is 0.275 e. The van der Waals surface area contributed by atoms with Gasteiger partial charge in [-0.15, -0.1) is 5.10 Å². The van der Waals surface area contributed by atoms with Gasteiger partial charge in [-0.2, -0.15) is 0 Å². The van der Waals surface area contributed by atoms with E-state index in [2.05, 4.69) is 88.1 Å². The second kappa shape index (κ2) is 10.2. The van der Waals surface area contributed by atoms with Gasteiger partial charge in [0.05, 0.1) is 0 Å². The zero-order valence-corrected chi connectivity index (χ0v) is 20.6. The van der Waals surface area contributed by atoms with Gasteiger partial charge < -0.3 is 0 Å². The number of fused-ring (bicyclic) bond motifs is 1. The minimum atomic E-state index is -2.15. The molecule has 2 rings (SSSR count). The number of benzene rings is 1. The van der Waals surface area contributed by atoms with Crippen LogP contribution in [0, 0.1) is 0 Å². The van der Waals surface area contributed by atoms with E-state index in [4.69, 9.17) is 4.62 Å². The van der Waals surface area contributed by atoms with E-state index in [1.165, 1.54) is 0 Å². The molecule has 1 aromatic carbocycles. The third kappa shape index (κ3) is 4.58. The van der Waals surface area contributed by atoms with E-state index in [0.717, 1.165) is 30.3 Å². The Bertz CT molecular complexity index is 722. The molecule has 8 heteroatoms. The molecule has 0 aliphatic rings. The van der Waals surface area contributed by atoms with Gasteiger partial charge in [0.15, 0.2) is 17.3 Å². The maximum atomic E-state index is 7.13. The average Bonchev–Trinajstić information content (AvgIpc) is 3.05. The average molecular weight is 424 g/mol. The lowest BCUT2D eigenvalue weighted by molar-refractivity contribution is 0.188. The van der Waals surface area contributed by atoms with Crippen molar-refractivity contribution >= 4 is 18.5 Å². The summed E-state index contributed by atoms with van der Waals surface area (Å²) in [5, 5.41) is 8.78. The molecule has 0 aliphatic carbocycles. The third-order valence-corrected chi connectivity index (χ3v) is 11.5. The van der Waals surface area contributed by atoms with E-state index in [0.29, 0.717) is 17.3 Å². The topological polar surface area (TPSA) is 49.7 Å². The highest BCUT2D eigenvalue weighted by atomic mass is 31.2. The van der Waals surface area contributed by atoms with Crippen LogP contribution in [0.2, 0.25) is 0 Å². The van der Waals surface area contributed by atoms with Gasteiger partial charge in [0, 0.05) is 0 Å². The Morgan fingerprint density at radius 2 is 1.28 bits per heavy atom. The van der Waals surface area contributed by atoms with Crippen molar-refractivity contribution in [3.63, 3.8) is 0 Å². The molecule has 164 valence electrons. The van der Waals surface area contributed by atoms with Crippen LogP contribution in [0.4, 0.5) is 0 Å². The second-order valence-corrected chi connectivity index (χ2v) is 11.8. The fourth-order valence-corrected chi connectivity index (χ4v) is 10.6. The molecule has 3 atom stereocenters. The summed E-state index contributed by atoms with van der Waals surface area (Å²) < 4.78 is 7.13. The van der Waals surface area contributed by atoms with Gasteiger partial charge in [-0.25, -0.2) is 4.62 Å². The third-order valence-electron chi connectivity index (χ3n) is 5.82. The summed E-state index contributed by atoms with van der Waals surface area (Å²) in [5.74, 6) is 0.889. The number of nitrogens with zero attached hydrogens (tertiary/aromatic N) is 6. The molecule has 0 aliphatic heterocycles. The minimum Gasteiger partial charge on any atom is -0.272 e. The van der Waals surface area contributed by atoms with Crippen molar-refractivity contribution in [2.75, 3.05) is 42.3 Å². The summed E-state index contributed by atoms with van der Waals surface area (Å²) in [6.45, 7) is 6.81.